The molecule has 0 unspecified atom stereocenters. The van der Waals surface area contributed by atoms with Gasteiger partial charge >= 0.3 is 0 Å². The number of hydrogen-bond donors (Lipinski definition) is 2. The minimum absolute atomic E-state index is 0.661. The Kier molecular flexibility index (Phi) is 4.64. The zero-order chi connectivity index (χ0) is 13.0. The second-order valence-corrected chi connectivity index (χ2v) is 4.96. The van der Waals surface area contributed by atoms with E-state index in [9.17, 15) is 0 Å². The Morgan fingerprint density at radius 1 is 1.22 bits per heavy atom. The highest BCUT2D eigenvalue weighted by molar-refractivity contribution is 6.35. The molecule has 1 heterocycles. The largest absolute Gasteiger partial charge is 0.342 e. The highest BCUT2D eigenvalue weighted by Gasteiger charge is 2.07. The van der Waals surface area contributed by atoms with Gasteiger partial charge in [0.15, 0.2) is 0 Å². The molecule has 2 rings (SSSR count). The first-order chi connectivity index (χ1) is 8.70. The minimum atomic E-state index is 0.661. The zero-order valence-electron chi connectivity index (χ0n) is 9.92. The first-order valence-corrected chi connectivity index (χ1v) is 6.65. The number of H-pyrrole nitrogens is 1. The summed E-state index contributed by atoms with van der Waals surface area (Å²) in [5.41, 5.74) is 7.23. The third-order valence-corrected chi connectivity index (χ3v) is 3.28. The summed E-state index contributed by atoms with van der Waals surface area (Å²) in [6.07, 6.45) is 4.73. The molecule has 0 radical (unpaired) electrons. The number of nitrogens with one attached hydrogen (secondary N) is 1. The van der Waals surface area contributed by atoms with E-state index in [0.717, 1.165) is 36.3 Å². The molecule has 18 heavy (non-hydrogen) atoms. The van der Waals surface area contributed by atoms with Gasteiger partial charge in [0.1, 0.15) is 5.82 Å². The van der Waals surface area contributed by atoms with E-state index in [1.165, 1.54) is 0 Å². The molecule has 0 aliphatic rings. The number of aromatic amines is 1. The normalized spacial score (nSPS) is 10.8. The lowest BCUT2D eigenvalue weighted by Gasteiger charge is -2.02. The predicted molar refractivity (Wildman–Crippen MR) is 76.0 cm³/mol. The van der Waals surface area contributed by atoms with Crippen LogP contribution < -0.4 is 5.73 Å². The van der Waals surface area contributed by atoms with Gasteiger partial charge in [-0.25, -0.2) is 4.98 Å². The quantitative estimate of drug-likeness (QED) is 0.823. The van der Waals surface area contributed by atoms with Crippen molar-refractivity contribution >= 4 is 23.2 Å². The Morgan fingerprint density at radius 3 is 2.83 bits per heavy atom. The molecule has 0 aliphatic carbocycles. The van der Waals surface area contributed by atoms with Crippen molar-refractivity contribution in [2.24, 2.45) is 5.73 Å². The molecule has 0 fully saturated rings. The lowest BCUT2D eigenvalue weighted by atomic mass is 10.2. The fourth-order valence-corrected chi connectivity index (χ4v) is 2.16. The van der Waals surface area contributed by atoms with Crippen molar-refractivity contribution in [2.45, 2.75) is 19.3 Å². The Balaban J connectivity index is 2.16. The van der Waals surface area contributed by atoms with Gasteiger partial charge in [0.05, 0.1) is 16.9 Å². The first kappa shape index (κ1) is 13.4. The number of hydrogen-bond acceptors (Lipinski definition) is 2. The van der Waals surface area contributed by atoms with E-state index >= 15 is 0 Å². The molecule has 0 spiro atoms. The SMILES string of the molecule is NCCCCc1ncc(-c2cc(Cl)ccc2Cl)[nH]1. The average Bonchev–Trinajstić information content (AvgIpc) is 2.81. The molecule has 1 aromatic carbocycles. The van der Waals surface area contributed by atoms with Crippen LogP contribution >= 0.6 is 23.2 Å². The van der Waals surface area contributed by atoms with Gasteiger partial charge in [-0.05, 0) is 37.6 Å². The summed E-state index contributed by atoms with van der Waals surface area (Å²) in [5.74, 6) is 0.953. The molecule has 3 nitrogen and oxygen atoms in total. The van der Waals surface area contributed by atoms with Gasteiger partial charge in [0.25, 0.3) is 0 Å². The third kappa shape index (κ3) is 3.25. The summed E-state index contributed by atoms with van der Waals surface area (Å²) in [6.45, 7) is 0.716. The number of nitrogens with zero attached hydrogens (tertiary/aromatic N) is 1. The standard InChI is InChI=1S/C13H15Cl2N3/c14-9-4-5-11(15)10(7-9)12-8-17-13(18-12)3-1-2-6-16/h4-5,7-8H,1-3,6,16H2,(H,17,18). The van der Waals surface area contributed by atoms with Gasteiger partial charge in [0, 0.05) is 17.0 Å². The number of imidazole rings is 1. The highest BCUT2D eigenvalue weighted by atomic mass is 35.5. The molecule has 96 valence electrons. The lowest BCUT2D eigenvalue weighted by Crippen LogP contribution is -1.99. The van der Waals surface area contributed by atoms with Crippen LogP contribution in [0.5, 0.6) is 0 Å². The fourth-order valence-electron chi connectivity index (χ4n) is 1.77. The molecule has 0 amide bonds. The summed E-state index contributed by atoms with van der Waals surface area (Å²) in [7, 11) is 0. The fraction of sp³-hybridized carbons (Fsp3) is 0.308. The molecule has 1 aromatic heterocycles. The number of unbranched alkanes of at least 4 members (excludes halogenated alkanes) is 1. The smallest absolute Gasteiger partial charge is 0.106 e. The maximum absolute atomic E-state index is 6.14. The third-order valence-electron chi connectivity index (χ3n) is 2.71. The Morgan fingerprint density at radius 2 is 2.06 bits per heavy atom. The summed E-state index contributed by atoms with van der Waals surface area (Å²) in [5, 5.41) is 1.32. The lowest BCUT2D eigenvalue weighted by molar-refractivity contribution is 0.723. The van der Waals surface area contributed by atoms with Crippen LogP contribution in [0.2, 0.25) is 10.0 Å². The maximum atomic E-state index is 6.14. The van der Waals surface area contributed by atoms with Crippen molar-refractivity contribution in [2.75, 3.05) is 6.54 Å². The zero-order valence-corrected chi connectivity index (χ0v) is 11.4. The molecular formula is C13H15Cl2N3. The van der Waals surface area contributed by atoms with Gasteiger partial charge in [-0.1, -0.05) is 23.2 Å². The van der Waals surface area contributed by atoms with Gasteiger partial charge in [-0.2, -0.15) is 0 Å². The van der Waals surface area contributed by atoms with Crippen LogP contribution in [0, 0.1) is 0 Å². The van der Waals surface area contributed by atoms with Gasteiger partial charge in [-0.15, -0.1) is 0 Å². The van der Waals surface area contributed by atoms with Crippen molar-refractivity contribution in [1.29, 1.82) is 0 Å². The van der Waals surface area contributed by atoms with Gasteiger partial charge in [-0.3, -0.25) is 0 Å². The minimum Gasteiger partial charge on any atom is -0.342 e. The number of rotatable bonds is 5. The molecule has 0 aliphatic heterocycles. The Hall–Kier alpha value is -1.03. The first-order valence-electron chi connectivity index (χ1n) is 5.90. The van der Waals surface area contributed by atoms with Crippen molar-refractivity contribution in [1.82, 2.24) is 9.97 Å². The van der Waals surface area contributed by atoms with Gasteiger partial charge < -0.3 is 10.7 Å². The summed E-state index contributed by atoms with van der Waals surface area (Å²) in [4.78, 5) is 7.60. The van der Waals surface area contributed by atoms with Crippen LogP contribution in [0.25, 0.3) is 11.3 Å². The highest BCUT2D eigenvalue weighted by Crippen LogP contribution is 2.29. The Labute approximate surface area is 116 Å². The van der Waals surface area contributed by atoms with Crippen molar-refractivity contribution in [3.8, 4) is 11.3 Å². The van der Waals surface area contributed by atoms with E-state index in [2.05, 4.69) is 9.97 Å². The number of halogens is 2. The van der Waals surface area contributed by atoms with E-state index in [-0.39, 0.29) is 0 Å². The average molecular weight is 284 g/mol. The van der Waals surface area contributed by atoms with E-state index in [4.69, 9.17) is 28.9 Å². The molecular weight excluding hydrogens is 269 g/mol. The van der Waals surface area contributed by atoms with E-state index in [0.29, 0.717) is 16.6 Å². The topological polar surface area (TPSA) is 54.7 Å². The molecule has 0 bridgehead atoms. The van der Waals surface area contributed by atoms with Crippen LogP contribution in [-0.2, 0) is 6.42 Å². The van der Waals surface area contributed by atoms with E-state index in [1.54, 1.807) is 18.3 Å². The van der Waals surface area contributed by atoms with Crippen LogP contribution in [0.3, 0.4) is 0 Å². The Bertz CT molecular complexity index is 523. The molecule has 3 N–H and O–H groups in total. The second-order valence-electron chi connectivity index (χ2n) is 4.11. The van der Waals surface area contributed by atoms with Crippen molar-refractivity contribution < 1.29 is 0 Å². The van der Waals surface area contributed by atoms with E-state index in [1.807, 2.05) is 6.07 Å². The number of nitrogens with two attached hydrogens (primary N) is 1. The predicted octanol–water partition coefficient (Wildman–Crippen LogP) is 3.66. The maximum Gasteiger partial charge on any atom is 0.106 e. The second kappa shape index (κ2) is 6.23. The summed E-state index contributed by atoms with van der Waals surface area (Å²) in [6, 6.07) is 5.39. The summed E-state index contributed by atoms with van der Waals surface area (Å²) < 4.78 is 0. The molecule has 0 saturated heterocycles. The molecule has 5 heteroatoms. The van der Waals surface area contributed by atoms with Crippen LogP contribution in [0.4, 0.5) is 0 Å². The van der Waals surface area contributed by atoms with Crippen LogP contribution in [0.15, 0.2) is 24.4 Å². The van der Waals surface area contributed by atoms with Crippen molar-refractivity contribution in [3.05, 3.63) is 40.3 Å². The number of benzene rings is 1. The molecule has 2 aromatic rings. The van der Waals surface area contributed by atoms with Crippen molar-refractivity contribution in [3.63, 3.8) is 0 Å². The molecule has 0 saturated carbocycles. The monoisotopic (exact) mass is 283 g/mol. The number of aryl methyl sites for hydroxylation is 1. The van der Waals surface area contributed by atoms with Crippen LogP contribution in [-0.4, -0.2) is 16.5 Å². The van der Waals surface area contributed by atoms with E-state index < -0.39 is 0 Å². The van der Waals surface area contributed by atoms with Gasteiger partial charge in [0.2, 0.25) is 0 Å². The van der Waals surface area contributed by atoms with Crippen LogP contribution in [0.1, 0.15) is 18.7 Å². The summed E-state index contributed by atoms with van der Waals surface area (Å²) >= 11 is 12.1. The molecule has 0 atom stereocenters. The number of aromatic nitrogens is 2.